The maximum absolute atomic E-state index is 11.8. The van der Waals surface area contributed by atoms with Crippen molar-refractivity contribution in [3.8, 4) is 12.3 Å². The SMILES string of the molecule is C#CCN1C(=O)CS(=O)c2ccc(Br)cc21. The summed E-state index contributed by atoms with van der Waals surface area (Å²) >= 11 is 3.32. The van der Waals surface area contributed by atoms with E-state index in [1.165, 1.54) is 4.90 Å². The van der Waals surface area contributed by atoms with Crippen LogP contribution in [0.15, 0.2) is 27.6 Å². The largest absolute Gasteiger partial charge is 0.299 e. The van der Waals surface area contributed by atoms with Gasteiger partial charge in [0.05, 0.1) is 27.9 Å². The Labute approximate surface area is 104 Å². The lowest BCUT2D eigenvalue weighted by atomic mass is 10.2. The first-order valence-electron chi connectivity index (χ1n) is 4.55. The number of rotatable bonds is 1. The van der Waals surface area contributed by atoms with Crippen LogP contribution < -0.4 is 4.90 Å². The minimum Gasteiger partial charge on any atom is -0.299 e. The second-order valence-corrected chi connectivity index (χ2v) is 5.62. The highest BCUT2D eigenvalue weighted by atomic mass is 79.9. The van der Waals surface area contributed by atoms with Crippen molar-refractivity contribution in [2.24, 2.45) is 0 Å². The molecule has 0 bridgehead atoms. The molecule has 0 saturated carbocycles. The predicted octanol–water partition coefficient (Wildman–Crippen LogP) is 1.54. The highest BCUT2D eigenvalue weighted by molar-refractivity contribution is 9.10. The van der Waals surface area contributed by atoms with Crippen LogP contribution in [-0.4, -0.2) is 22.4 Å². The summed E-state index contributed by atoms with van der Waals surface area (Å²) in [5, 5.41) is 0. The molecule has 0 N–H and O–H groups in total. The molecule has 1 aliphatic rings. The van der Waals surface area contributed by atoms with Crippen LogP contribution in [0.25, 0.3) is 0 Å². The van der Waals surface area contributed by atoms with E-state index in [0.717, 1.165) is 4.47 Å². The van der Waals surface area contributed by atoms with Gasteiger partial charge in [-0.3, -0.25) is 13.9 Å². The van der Waals surface area contributed by atoms with E-state index >= 15 is 0 Å². The van der Waals surface area contributed by atoms with Gasteiger partial charge in [-0.15, -0.1) is 6.42 Å². The summed E-state index contributed by atoms with van der Waals surface area (Å²) in [6.45, 7) is 0.208. The van der Waals surface area contributed by atoms with Gasteiger partial charge in [0.2, 0.25) is 5.91 Å². The number of hydrogen-bond donors (Lipinski definition) is 0. The van der Waals surface area contributed by atoms with Crippen LogP contribution in [0.5, 0.6) is 0 Å². The molecule has 5 heteroatoms. The van der Waals surface area contributed by atoms with E-state index in [0.29, 0.717) is 10.6 Å². The molecule has 0 aliphatic carbocycles. The minimum absolute atomic E-state index is 0.0102. The van der Waals surface area contributed by atoms with Crippen molar-refractivity contribution in [1.82, 2.24) is 0 Å². The van der Waals surface area contributed by atoms with E-state index in [1.807, 2.05) is 0 Å². The summed E-state index contributed by atoms with van der Waals surface area (Å²) in [6, 6.07) is 5.33. The predicted molar refractivity (Wildman–Crippen MR) is 66.6 cm³/mol. The van der Waals surface area contributed by atoms with Gasteiger partial charge in [0.25, 0.3) is 0 Å². The lowest BCUT2D eigenvalue weighted by Gasteiger charge is -2.27. The van der Waals surface area contributed by atoms with Crippen LogP contribution in [0.1, 0.15) is 0 Å². The van der Waals surface area contributed by atoms with Gasteiger partial charge in [0.15, 0.2) is 0 Å². The van der Waals surface area contributed by atoms with Crippen molar-refractivity contribution in [3.05, 3.63) is 22.7 Å². The standard InChI is InChI=1S/C11H8BrNO2S/c1-2-5-13-9-6-8(12)3-4-10(9)16(15)7-11(13)14/h1,3-4,6H,5,7H2. The number of benzene rings is 1. The number of halogens is 1. The lowest BCUT2D eigenvalue weighted by molar-refractivity contribution is -0.116. The number of nitrogens with zero attached hydrogens (tertiary/aromatic N) is 1. The van der Waals surface area contributed by atoms with Crippen LogP contribution >= 0.6 is 15.9 Å². The fraction of sp³-hybridized carbons (Fsp3) is 0.182. The second-order valence-electron chi connectivity index (χ2n) is 3.29. The van der Waals surface area contributed by atoms with E-state index < -0.39 is 10.8 Å². The van der Waals surface area contributed by atoms with Crippen molar-refractivity contribution in [1.29, 1.82) is 0 Å². The van der Waals surface area contributed by atoms with Gasteiger partial charge in [-0.25, -0.2) is 0 Å². The number of amides is 1. The molecule has 1 heterocycles. The Balaban J connectivity index is 2.57. The number of fused-ring (bicyclic) bond motifs is 1. The summed E-state index contributed by atoms with van der Waals surface area (Å²) in [6.07, 6.45) is 5.22. The van der Waals surface area contributed by atoms with Crippen LogP contribution in [0.3, 0.4) is 0 Å². The first-order chi connectivity index (χ1) is 7.63. The molecule has 1 aromatic rings. The Morgan fingerprint density at radius 3 is 3.00 bits per heavy atom. The molecule has 1 amide bonds. The van der Waals surface area contributed by atoms with Crippen molar-refractivity contribution < 1.29 is 9.00 Å². The Hall–Kier alpha value is -1.12. The van der Waals surface area contributed by atoms with Crippen molar-refractivity contribution >= 4 is 38.3 Å². The van der Waals surface area contributed by atoms with Crippen LogP contribution in [0, 0.1) is 12.3 Å². The Kier molecular flexibility index (Phi) is 3.13. The fourth-order valence-electron chi connectivity index (χ4n) is 1.56. The Morgan fingerprint density at radius 2 is 2.31 bits per heavy atom. The summed E-state index contributed by atoms with van der Waals surface area (Å²) < 4.78 is 12.6. The molecule has 1 aliphatic heterocycles. The smallest absolute Gasteiger partial charge is 0.240 e. The number of carbonyl (C=O) groups excluding carboxylic acids is 1. The lowest BCUT2D eigenvalue weighted by Crippen LogP contribution is -2.39. The second kappa shape index (κ2) is 4.40. The number of hydrogen-bond acceptors (Lipinski definition) is 2. The molecule has 0 spiro atoms. The fourth-order valence-corrected chi connectivity index (χ4v) is 3.07. The topological polar surface area (TPSA) is 37.4 Å². The molecule has 2 rings (SSSR count). The van der Waals surface area contributed by atoms with Gasteiger partial charge in [0, 0.05) is 4.47 Å². The van der Waals surface area contributed by atoms with E-state index in [9.17, 15) is 9.00 Å². The number of carbonyl (C=O) groups is 1. The van der Waals surface area contributed by atoms with Gasteiger partial charge in [-0.2, -0.15) is 0 Å². The first kappa shape index (κ1) is 11.4. The van der Waals surface area contributed by atoms with Crippen molar-refractivity contribution in [3.63, 3.8) is 0 Å². The molecule has 1 unspecified atom stereocenters. The summed E-state index contributed by atoms with van der Waals surface area (Å²) in [4.78, 5) is 13.8. The van der Waals surface area contributed by atoms with E-state index in [-0.39, 0.29) is 18.2 Å². The molecule has 0 aromatic heterocycles. The third-order valence-electron chi connectivity index (χ3n) is 2.26. The van der Waals surface area contributed by atoms with E-state index in [4.69, 9.17) is 6.42 Å². The van der Waals surface area contributed by atoms with Gasteiger partial charge >= 0.3 is 0 Å². The van der Waals surface area contributed by atoms with Gasteiger partial charge in [-0.05, 0) is 18.2 Å². The monoisotopic (exact) mass is 297 g/mol. The zero-order valence-corrected chi connectivity index (χ0v) is 10.7. The molecular weight excluding hydrogens is 290 g/mol. The highest BCUT2D eigenvalue weighted by Crippen LogP contribution is 2.31. The average molecular weight is 298 g/mol. The quantitative estimate of drug-likeness (QED) is 0.738. The molecule has 0 radical (unpaired) electrons. The molecule has 1 aromatic carbocycles. The zero-order chi connectivity index (χ0) is 11.7. The van der Waals surface area contributed by atoms with Crippen molar-refractivity contribution in [2.75, 3.05) is 17.2 Å². The molecular formula is C11H8BrNO2S. The maximum atomic E-state index is 11.8. The average Bonchev–Trinajstić information content (AvgIpc) is 2.23. The maximum Gasteiger partial charge on any atom is 0.240 e. The van der Waals surface area contributed by atoms with Crippen LogP contribution in [0.2, 0.25) is 0 Å². The first-order valence-corrected chi connectivity index (χ1v) is 6.66. The number of anilines is 1. The van der Waals surface area contributed by atoms with Gasteiger partial charge in [0.1, 0.15) is 5.75 Å². The molecule has 16 heavy (non-hydrogen) atoms. The van der Waals surface area contributed by atoms with E-state index in [2.05, 4.69) is 21.9 Å². The summed E-state index contributed by atoms with van der Waals surface area (Å²) in [5.41, 5.74) is 0.641. The molecule has 82 valence electrons. The van der Waals surface area contributed by atoms with E-state index in [1.54, 1.807) is 18.2 Å². The molecule has 0 saturated heterocycles. The van der Waals surface area contributed by atoms with Gasteiger partial charge < -0.3 is 0 Å². The number of terminal acetylenes is 1. The summed E-state index contributed by atoms with van der Waals surface area (Å²) in [7, 11) is -1.26. The highest BCUT2D eigenvalue weighted by Gasteiger charge is 2.28. The Bertz CT molecular complexity index is 521. The molecule has 0 fully saturated rings. The van der Waals surface area contributed by atoms with Gasteiger partial charge in [-0.1, -0.05) is 21.9 Å². The summed E-state index contributed by atoms with van der Waals surface area (Å²) in [5.74, 6) is 2.25. The molecule has 1 atom stereocenters. The van der Waals surface area contributed by atoms with Crippen molar-refractivity contribution in [2.45, 2.75) is 4.90 Å². The van der Waals surface area contributed by atoms with Crippen LogP contribution in [-0.2, 0) is 15.6 Å². The van der Waals surface area contributed by atoms with Crippen LogP contribution in [0.4, 0.5) is 5.69 Å². The Morgan fingerprint density at radius 1 is 1.56 bits per heavy atom. The third-order valence-corrected chi connectivity index (χ3v) is 4.10. The molecule has 3 nitrogen and oxygen atoms in total. The zero-order valence-electron chi connectivity index (χ0n) is 8.27. The third kappa shape index (κ3) is 1.91. The normalized spacial score (nSPS) is 19.1. The minimum atomic E-state index is -1.26.